The zero-order valence-electron chi connectivity index (χ0n) is 15.4. The molecule has 140 valence electrons. The lowest BCUT2D eigenvalue weighted by atomic mass is 10.2. The number of nitrogens with zero attached hydrogens (tertiary/aromatic N) is 2. The highest BCUT2D eigenvalue weighted by Gasteiger charge is 2.27. The Labute approximate surface area is 167 Å². The fraction of sp³-hybridized carbons (Fsp3) is 0.286. The summed E-state index contributed by atoms with van der Waals surface area (Å²) in [6.07, 6.45) is 0. The van der Waals surface area contributed by atoms with Crippen molar-refractivity contribution in [2.45, 2.75) is 6.92 Å². The van der Waals surface area contributed by atoms with E-state index in [4.69, 9.17) is 16.3 Å². The lowest BCUT2D eigenvalue weighted by Crippen LogP contribution is -2.48. The van der Waals surface area contributed by atoms with Crippen LogP contribution in [-0.4, -0.2) is 44.1 Å². The zero-order chi connectivity index (χ0) is 19.0. The van der Waals surface area contributed by atoms with E-state index in [1.807, 2.05) is 42.2 Å². The van der Waals surface area contributed by atoms with Crippen LogP contribution in [0.15, 0.2) is 42.5 Å². The van der Waals surface area contributed by atoms with Crippen molar-refractivity contribution in [3.63, 3.8) is 0 Å². The van der Waals surface area contributed by atoms with Gasteiger partial charge in [0, 0.05) is 36.3 Å². The van der Waals surface area contributed by atoms with E-state index in [2.05, 4.69) is 17.0 Å². The first kappa shape index (κ1) is 18.1. The van der Waals surface area contributed by atoms with E-state index in [9.17, 15) is 4.79 Å². The van der Waals surface area contributed by atoms with E-state index in [0.29, 0.717) is 23.0 Å². The van der Waals surface area contributed by atoms with Gasteiger partial charge in [0.15, 0.2) is 0 Å². The third kappa shape index (κ3) is 3.37. The summed E-state index contributed by atoms with van der Waals surface area (Å²) in [7, 11) is 1.68. The van der Waals surface area contributed by atoms with E-state index in [1.54, 1.807) is 7.11 Å². The van der Waals surface area contributed by atoms with E-state index >= 15 is 0 Å². The lowest BCUT2D eigenvalue weighted by molar-refractivity contribution is 0.0752. The first-order chi connectivity index (χ1) is 13.1. The van der Waals surface area contributed by atoms with Crippen LogP contribution in [-0.2, 0) is 0 Å². The number of benzene rings is 2. The molecule has 1 aromatic heterocycles. The monoisotopic (exact) mass is 400 g/mol. The molecular formula is C21H21ClN2O2S. The van der Waals surface area contributed by atoms with Gasteiger partial charge in [-0.15, -0.1) is 11.3 Å². The number of thiophene rings is 1. The van der Waals surface area contributed by atoms with Crippen molar-refractivity contribution in [1.29, 1.82) is 0 Å². The number of piperazine rings is 1. The molecule has 1 aliphatic heterocycles. The van der Waals surface area contributed by atoms with Crippen LogP contribution in [0.4, 0.5) is 5.69 Å². The van der Waals surface area contributed by atoms with E-state index < -0.39 is 0 Å². The van der Waals surface area contributed by atoms with Crippen LogP contribution < -0.4 is 9.64 Å². The predicted octanol–water partition coefficient (Wildman–Crippen LogP) is 4.83. The van der Waals surface area contributed by atoms with Crippen molar-refractivity contribution >= 4 is 44.6 Å². The van der Waals surface area contributed by atoms with Crippen LogP contribution in [0.2, 0.25) is 5.02 Å². The van der Waals surface area contributed by atoms with Crippen LogP contribution in [0.1, 0.15) is 15.2 Å². The lowest BCUT2D eigenvalue weighted by Gasteiger charge is -2.36. The van der Waals surface area contributed by atoms with Crippen molar-refractivity contribution in [1.82, 2.24) is 4.90 Å². The van der Waals surface area contributed by atoms with E-state index in [1.165, 1.54) is 16.9 Å². The Morgan fingerprint density at radius 2 is 1.85 bits per heavy atom. The molecule has 1 aliphatic rings. The van der Waals surface area contributed by atoms with Crippen molar-refractivity contribution in [2.24, 2.45) is 0 Å². The highest BCUT2D eigenvalue weighted by Crippen LogP contribution is 2.37. The molecule has 3 aromatic rings. The highest BCUT2D eigenvalue weighted by atomic mass is 35.5. The van der Waals surface area contributed by atoms with Gasteiger partial charge in [-0.3, -0.25) is 4.79 Å². The molecule has 0 aliphatic carbocycles. The molecule has 1 amide bonds. The Kier molecular flexibility index (Phi) is 4.98. The first-order valence-corrected chi connectivity index (χ1v) is 10.1. The third-order valence-electron chi connectivity index (χ3n) is 4.97. The average Bonchev–Trinajstić information content (AvgIpc) is 3.03. The number of carbonyl (C=O) groups excluding carboxylic acids is 1. The minimum atomic E-state index is 0.0264. The van der Waals surface area contributed by atoms with Gasteiger partial charge in [-0.2, -0.15) is 0 Å². The van der Waals surface area contributed by atoms with E-state index in [-0.39, 0.29) is 5.91 Å². The number of ether oxygens (including phenoxy) is 1. The van der Waals surface area contributed by atoms with Crippen LogP contribution >= 0.6 is 22.9 Å². The van der Waals surface area contributed by atoms with Gasteiger partial charge in [0.05, 0.1) is 17.8 Å². The van der Waals surface area contributed by atoms with Crippen LogP contribution in [0.3, 0.4) is 0 Å². The van der Waals surface area contributed by atoms with Crippen molar-refractivity contribution in [2.75, 3.05) is 38.2 Å². The number of carbonyl (C=O) groups is 1. The van der Waals surface area contributed by atoms with Gasteiger partial charge in [-0.05, 0) is 30.7 Å². The summed E-state index contributed by atoms with van der Waals surface area (Å²) < 4.78 is 6.53. The summed E-state index contributed by atoms with van der Waals surface area (Å²) in [5.41, 5.74) is 2.24. The molecule has 27 heavy (non-hydrogen) atoms. The summed E-state index contributed by atoms with van der Waals surface area (Å²) in [6.45, 7) is 4.92. The standard InChI is InChI=1S/C21H21ClN2O2S/c1-14-7-8-15-18(13-14)27-20(19(15)22)21(25)24-11-9-23(10-12-24)16-5-3-4-6-17(16)26-2/h3-8,13H,9-12H2,1-2H3. The Morgan fingerprint density at radius 1 is 1.11 bits per heavy atom. The minimum absolute atomic E-state index is 0.0264. The van der Waals surface area contributed by atoms with Gasteiger partial charge >= 0.3 is 0 Å². The quantitative estimate of drug-likeness (QED) is 0.631. The summed E-state index contributed by atoms with van der Waals surface area (Å²) in [6, 6.07) is 14.1. The number of rotatable bonds is 3. The van der Waals surface area contributed by atoms with Crippen LogP contribution in [0, 0.1) is 6.92 Å². The molecule has 0 atom stereocenters. The molecule has 1 fully saturated rings. The van der Waals surface area contributed by atoms with Crippen molar-refractivity contribution in [3.05, 3.63) is 57.9 Å². The Hall–Kier alpha value is -2.24. The fourth-order valence-electron chi connectivity index (χ4n) is 3.50. The number of para-hydroxylation sites is 2. The number of halogens is 1. The van der Waals surface area contributed by atoms with Gasteiger partial charge < -0.3 is 14.5 Å². The molecule has 0 unspecified atom stereocenters. The molecule has 4 rings (SSSR count). The fourth-order valence-corrected chi connectivity index (χ4v) is 5.07. The number of anilines is 1. The topological polar surface area (TPSA) is 32.8 Å². The zero-order valence-corrected chi connectivity index (χ0v) is 16.9. The maximum absolute atomic E-state index is 13.1. The summed E-state index contributed by atoms with van der Waals surface area (Å²) >= 11 is 8.01. The molecule has 1 saturated heterocycles. The first-order valence-electron chi connectivity index (χ1n) is 8.94. The highest BCUT2D eigenvalue weighted by molar-refractivity contribution is 7.21. The van der Waals surface area contributed by atoms with Gasteiger partial charge in [0.2, 0.25) is 0 Å². The van der Waals surface area contributed by atoms with Gasteiger partial charge in [0.1, 0.15) is 10.6 Å². The molecule has 0 spiro atoms. The SMILES string of the molecule is COc1ccccc1N1CCN(C(=O)c2sc3cc(C)ccc3c2Cl)CC1. The number of amides is 1. The molecular weight excluding hydrogens is 380 g/mol. The summed E-state index contributed by atoms with van der Waals surface area (Å²) in [5.74, 6) is 0.888. The number of aryl methyl sites for hydroxylation is 1. The van der Waals surface area contributed by atoms with Gasteiger partial charge in [0.25, 0.3) is 5.91 Å². The second kappa shape index (κ2) is 7.41. The Morgan fingerprint density at radius 3 is 2.59 bits per heavy atom. The Bertz CT molecular complexity index is 993. The van der Waals surface area contributed by atoms with Crippen LogP contribution in [0.25, 0.3) is 10.1 Å². The molecule has 4 nitrogen and oxygen atoms in total. The number of fused-ring (bicyclic) bond motifs is 1. The van der Waals surface area contributed by atoms with E-state index in [0.717, 1.165) is 34.6 Å². The number of hydrogen-bond acceptors (Lipinski definition) is 4. The Balaban J connectivity index is 1.51. The molecule has 0 bridgehead atoms. The average molecular weight is 401 g/mol. The van der Waals surface area contributed by atoms with Gasteiger partial charge in [-0.1, -0.05) is 35.9 Å². The van der Waals surface area contributed by atoms with Crippen molar-refractivity contribution < 1.29 is 9.53 Å². The normalized spacial score (nSPS) is 14.6. The van der Waals surface area contributed by atoms with Gasteiger partial charge in [-0.25, -0.2) is 0 Å². The van der Waals surface area contributed by atoms with Crippen LogP contribution in [0.5, 0.6) is 5.75 Å². The number of hydrogen-bond donors (Lipinski definition) is 0. The minimum Gasteiger partial charge on any atom is -0.495 e. The molecule has 0 radical (unpaired) electrons. The largest absolute Gasteiger partial charge is 0.495 e. The molecule has 6 heteroatoms. The molecule has 0 N–H and O–H groups in total. The second-order valence-electron chi connectivity index (χ2n) is 6.70. The summed E-state index contributed by atoms with van der Waals surface area (Å²) in [4.78, 5) is 17.9. The molecule has 0 saturated carbocycles. The maximum Gasteiger partial charge on any atom is 0.265 e. The van der Waals surface area contributed by atoms with Crippen molar-refractivity contribution in [3.8, 4) is 5.75 Å². The smallest absolute Gasteiger partial charge is 0.265 e. The second-order valence-corrected chi connectivity index (χ2v) is 8.13. The third-order valence-corrected chi connectivity index (χ3v) is 6.62. The predicted molar refractivity (Wildman–Crippen MR) is 113 cm³/mol. The summed E-state index contributed by atoms with van der Waals surface area (Å²) in [5, 5.41) is 1.54. The number of methoxy groups -OCH3 is 1. The maximum atomic E-state index is 13.1. The molecule has 2 heterocycles. The molecule has 2 aromatic carbocycles.